The summed E-state index contributed by atoms with van der Waals surface area (Å²) in [6.45, 7) is 0.600. The molecule has 1 aliphatic heterocycles. The minimum absolute atomic E-state index is 0.0382. The first-order valence-electron chi connectivity index (χ1n) is 6.70. The van der Waals surface area contributed by atoms with Crippen molar-refractivity contribution < 1.29 is 8.42 Å². The summed E-state index contributed by atoms with van der Waals surface area (Å²) in [4.78, 5) is 0. The van der Waals surface area contributed by atoms with E-state index in [0.29, 0.717) is 12.5 Å². The van der Waals surface area contributed by atoms with Gasteiger partial charge in [-0.2, -0.15) is 4.31 Å². The molecule has 0 unspecified atom stereocenters. The zero-order valence-electron chi connectivity index (χ0n) is 10.7. The van der Waals surface area contributed by atoms with Crippen LogP contribution in [0.15, 0.2) is 4.34 Å². The van der Waals surface area contributed by atoms with Crippen molar-refractivity contribution in [2.75, 3.05) is 12.3 Å². The number of anilines is 1. The van der Waals surface area contributed by atoms with Crippen LogP contribution in [0.2, 0.25) is 0 Å². The molecule has 1 aliphatic carbocycles. The maximum Gasteiger partial charge on any atom is 0.272 e. The van der Waals surface area contributed by atoms with Gasteiger partial charge in [0.2, 0.25) is 9.47 Å². The Labute approximate surface area is 117 Å². The molecule has 2 N–H and O–H groups in total. The van der Waals surface area contributed by atoms with Crippen molar-refractivity contribution >= 4 is 26.5 Å². The van der Waals surface area contributed by atoms with Crippen molar-refractivity contribution in [3.63, 3.8) is 0 Å². The quantitative estimate of drug-likeness (QED) is 0.893. The lowest BCUT2D eigenvalue weighted by atomic mass is 9.79. The molecule has 106 valence electrons. The molecule has 2 aliphatic rings. The predicted octanol–water partition coefficient (Wildman–Crippen LogP) is 1.46. The Kier molecular flexibility index (Phi) is 3.48. The van der Waals surface area contributed by atoms with E-state index in [2.05, 4.69) is 10.2 Å². The van der Waals surface area contributed by atoms with E-state index in [0.717, 1.165) is 43.4 Å². The van der Waals surface area contributed by atoms with E-state index in [1.165, 1.54) is 6.42 Å². The summed E-state index contributed by atoms with van der Waals surface area (Å²) < 4.78 is 27.0. The predicted molar refractivity (Wildman–Crippen MR) is 73.2 cm³/mol. The first-order chi connectivity index (χ1) is 9.09. The van der Waals surface area contributed by atoms with Gasteiger partial charge in [-0.05, 0) is 31.6 Å². The molecule has 1 aromatic heterocycles. The Bertz CT molecular complexity index is 555. The zero-order chi connectivity index (χ0) is 13.5. The van der Waals surface area contributed by atoms with Crippen LogP contribution in [0.3, 0.4) is 0 Å². The first-order valence-corrected chi connectivity index (χ1v) is 8.95. The number of nitrogens with zero attached hydrogens (tertiary/aromatic N) is 3. The lowest BCUT2D eigenvalue weighted by Crippen LogP contribution is -2.49. The van der Waals surface area contributed by atoms with Crippen LogP contribution in [0, 0.1) is 5.92 Å². The second-order valence-corrected chi connectivity index (χ2v) is 8.35. The van der Waals surface area contributed by atoms with Crippen molar-refractivity contribution in [2.24, 2.45) is 5.92 Å². The molecular weight excluding hydrogens is 284 g/mol. The fourth-order valence-electron chi connectivity index (χ4n) is 3.30. The molecular formula is C11H18N4O2S2. The number of fused-ring (bicyclic) bond motifs is 1. The third kappa shape index (κ3) is 2.36. The van der Waals surface area contributed by atoms with E-state index in [4.69, 9.17) is 5.73 Å². The van der Waals surface area contributed by atoms with E-state index in [-0.39, 0.29) is 15.5 Å². The minimum Gasteiger partial charge on any atom is -0.374 e. The molecule has 0 spiro atoms. The Morgan fingerprint density at radius 3 is 2.63 bits per heavy atom. The minimum atomic E-state index is -3.51. The van der Waals surface area contributed by atoms with Gasteiger partial charge in [0.1, 0.15) is 0 Å². The third-order valence-corrected chi connectivity index (χ3v) is 7.17. The summed E-state index contributed by atoms with van der Waals surface area (Å²) in [7, 11) is -3.51. The Morgan fingerprint density at radius 2 is 1.89 bits per heavy atom. The topological polar surface area (TPSA) is 89.2 Å². The van der Waals surface area contributed by atoms with Crippen LogP contribution in [-0.4, -0.2) is 35.5 Å². The molecule has 2 heterocycles. The summed E-state index contributed by atoms with van der Waals surface area (Å²) >= 11 is 0.954. The highest BCUT2D eigenvalue weighted by Gasteiger charge is 2.41. The van der Waals surface area contributed by atoms with E-state index >= 15 is 0 Å². The maximum atomic E-state index is 12.6. The third-order valence-electron chi connectivity index (χ3n) is 4.14. The highest BCUT2D eigenvalue weighted by atomic mass is 32.2. The number of nitrogens with two attached hydrogens (primary N) is 1. The van der Waals surface area contributed by atoms with Gasteiger partial charge in [-0.15, -0.1) is 10.2 Å². The Hall–Kier alpha value is -0.730. The monoisotopic (exact) mass is 302 g/mol. The van der Waals surface area contributed by atoms with Gasteiger partial charge in [0.05, 0.1) is 0 Å². The van der Waals surface area contributed by atoms with Crippen LogP contribution >= 0.6 is 11.3 Å². The molecule has 2 fully saturated rings. The molecule has 1 aromatic rings. The van der Waals surface area contributed by atoms with Gasteiger partial charge in [0.15, 0.2) is 0 Å². The van der Waals surface area contributed by atoms with Gasteiger partial charge in [-0.25, -0.2) is 8.42 Å². The normalized spacial score (nSPS) is 29.1. The fourth-order valence-corrected chi connectivity index (χ4v) is 5.96. The average molecular weight is 302 g/mol. The number of aromatic nitrogens is 2. The van der Waals surface area contributed by atoms with Crippen molar-refractivity contribution in [3.05, 3.63) is 0 Å². The second-order valence-electron chi connectivity index (χ2n) is 5.28. The Balaban J connectivity index is 1.91. The summed E-state index contributed by atoms with van der Waals surface area (Å²) in [5.41, 5.74) is 5.50. The lowest BCUT2D eigenvalue weighted by molar-refractivity contribution is 0.129. The van der Waals surface area contributed by atoms with Crippen molar-refractivity contribution in [1.82, 2.24) is 14.5 Å². The molecule has 3 rings (SSSR count). The molecule has 1 saturated carbocycles. The maximum absolute atomic E-state index is 12.6. The molecule has 2 atom stereocenters. The standard InChI is InChI=1S/C11H18N4O2S2/c12-10-13-14-11(18-10)19(16,17)15-7-3-5-8-4-1-2-6-9(8)15/h8-9H,1-7H2,(H2,12,13)/t8-,9-/m1/s1. The zero-order valence-corrected chi connectivity index (χ0v) is 12.3. The van der Waals surface area contributed by atoms with Crippen LogP contribution in [0.5, 0.6) is 0 Å². The van der Waals surface area contributed by atoms with Gasteiger partial charge in [-0.3, -0.25) is 0 Å². The summed E-state index contributed by atoms with van der Waals surface area (Å²) in [5, 5.41) is 7.54. The molecule has 1 saturated heterocycles. The number of hydrogen-bond acceptors (Lipinski definition) is 6. The molecule has 0 aromatic carbocycles. The van der Waals surface area contributed by atoms with Crippen LogP contribution in [0.4, 0.5) is 5.13 Å². The van der Waals surface area contributed by atoms with Gasteiger partial charge in [-0.1, -0.05) is 24.2 Å². The largest absolute Gasteiger partial charge is 0.374 e. The summed E-state index contributed by atoms with van der Waals surface area (Å²) in [6.07, 6.45) is 6.54. The number of rotatable bonds is 2. The van der Waals surface area contributed by atoms with Gasteiger partial charge in [0, 0.05) is 12.6 Å². The summed E-state index contributed by atoms with van der Waals surface area (Å²) in [6, 6.07) is 0.151. The van der Waals surface area contributed by atoms with Crippen LogP contribution in [0.1, 0.15) is 38.5 Å². The highest BCUT2D eigenvalue weighted by Crippen LogP contribution is 2.38. The number of hydrogen-bond donors (Lipinski definition) is 1. The second kappa shape index (κ2) is 4.99. The van der Waals surface area contributed by atoms with E-state index in [1.54, 1.807) is 4.31 Å². The fraction of sp³-hybridized carbons (Fsp3) is 0.818. The lowest BCUT2D eigenvalue weighted by Gasteiger charge is -2.42. The molecule has 0 bridgehead atoms. The number of sulfonamides is 1. The van der Waals surface area contributed by atoms with Crippen LogP contribution in [0.25, 0.3) is 0 Å². The van der Waals surface area contributed by atoms with Gasteiger partial charge < -0.3 is 5.73 Å². The molecule has 8 heteroatoms. The van der Waals surface area contributed by atoms with E-state index in [9.17, 15) is 8.42 Å². The number of nitrogen functional groups attached to an aromatic ring is 1. The molecule has 6 nitrogen and oxygen atoms in total. The average Bonchev–Trinajstić information content (AvgIpc) is 2.85. The summed E-state index contributed by atoms with van der Waals surface area (Å²) in [5.74, 6) is 0.516. The van der Waals surface area contributed by atoms with Crippen LogP contribution in [-0.2, 0) is 10.0 Å². The smallest absolute Gasteiger partial charge is 0.272 e. The van der Waals surface area contributed by atoms with E-state index < -0.39 is 10.0 Å². The van der Waals surface area contributed by atoms with Crippen molar-refractivity contribution in [3.8, 4) is 0 Å². The number of piperidine rings is 1. The SMILES string of the molecule is Nc1nnc(S(=O)(=O)N2CCC[C@H]3CCCC[C@H]32)s1. The van der Waals surface area contributed by atoms with Crippen LogP contribution < -0.4 is 5.73 Å². The highest BCUT2D eigenvalue weighted by molar-refractivity contribution is 7.91. The van der Waals surface area contributed by atoms with Crippen molar-refractivity contribution in [1.29, 1.82) is 0 Å². The van der Waals surface area contributed by atoms with E-state index in [1.807, 2.05) is 0 Å². The van der Waals surface area contributed by atoms with Gasteiger partial charge >= 0.3 is 0 Å². The first kappa shape index (κ1) is 13.3. The Morgan fingerprint density at radius 1 is 1.16 bits per heavy atom. The van der Waals surface area contributed by atoms with Gasteiger partial charge in [0.25, 0.3) is 10.0 Å². The van der Waals surface area contributed by atoms with Crippen molar-refractivity contribution in [2.45, 2.75) is 48.9 Å². The molecule has 0 radical (unpaired) electrons. The molecule has 19 heavy (non-hydrogen) atoms. The molecule has 0 amide bonds.